The Kier molecular flexibility index (Phi) is 3.03. The molecule has 1 fully saturated rings. The Balaban J connectivity index is 2.31. The van der Waals surface area contributed by atoms with Crippen LogP contribution in [-0.2, 0) is 6.42 Å². The predicted octanol–water partition coefficient (Wildman–Crippen LogP) is 1.39. The molecule has 0 aliphatic carbocycles. The highest BCUT2D eigenvalue weighted by Gasteiger charge is 2.39. The number of aliphatic hydroxyl groups excluding tert-OH is 1. The fraction of sp³-hybridized carbons (Fsp3) is 0.667. The molecular weight excluding hydrogens is 221 g/mol. The average molecular weight is 239 g/mol. The summed E-state index contributed by atoms with van der Waals surface area (Å²) < 4.78 is 14.1. The third-order valence-electron chi connectivity index (χ3n) is 3.37. The van der Waals surface area contributed by atoms with Gasteiger partial charge < -0.3 is 10.0 Å². The Hall–Kier alpha value is -1.23. The maximum absolute atomic E-state index is 14.1. The number of halogens is 1. The zero-order chi connectivity index (χ0) is 12.6. The van der Waals surface area contributed by atoms with E-state index in [4.69, 9.17) is 0 Å². The molecule has 0 radical (unpaired) electrons. The normalized spacial score (nSPS) is 23.1. The standard InChI is InChI=1S/C12H18FN3O/c1-4-8-10(13)11(15-7-14-8)16-5-9(17)12(2,3)6-16/h7,9,17H,4-6H2,1-3H3. The summed E-state index contributed by atoms with van der Waals surface area (Å²) in [6.45, 7) is 6.82. The van der Waals surface area contributed by atoms with Crippen LogP contribution in [0, 0.1) is 11.2 Å². The summed E-state index contributed by atoms with van der Waals surface area (Å²) in [6, 6.07) is 0. The van der Waals surface area contributed by atoms with E-state index in [9.17, 15) is 9.50 Å². The van der Waals surface area contributed by atoms with Gasteiger partial charge in [0.05, 0.1) is 11.8 Å². The Morgan fingerprint density at radius 3 is 2.76 bits per heavy atom. The van der Waals surface area contributed by atoms with Gasteiger partial charge in [0.2, 0.25) is 0 Å². The minimum absolute atomic E-state index is 0.232. The van der Waals surface area contributed by atoms with Crippen LogP contribution in [0.2, 0.25) is 0 Å². The molecule has 5 heteroatoms. The summed E-state index contributed by atoms with van der Waals surface area (Å²) in [5, 5.41) is 9.90. The predicted molar refractivity (Wildman–Crippen MR) is 63.4 cm³/mol. The molecule has 1 saturated heterocycles. The molecular formula is C12H18FN3O. The summed E-state index contributed by atoms with van der Waals surface area (Å²) in [7, 11) is 0. The number of hydrogen-bond donors (Lipinski definition) is 1. The lowest BCUT2D eigenvalue weighted by molar-refractivity contribution is 0.0964. The largest absolute Gasteiger partial charge is 0.391 e. The monoisotopic (exact) mass is 239 g/mol. The van der Waals surface area contributed by atoms with Crippen LogP contribution in [0.15, 0.2) is 6.33 Å². The highest BCUT2D eigenvalue weighted by atomic mass is 19.1. The van der Waals surface area contributed by atoms with E-state index >= 15 is 0 Å². The Labute approximate surface area is 101 Å². The molecule has 1 aromatic heterocycles. The summed E-state index contributed by atoms with van der Waals surface area (Å²) in [5.74, 6) is -0.0543. The number of aliphatic hydroxyl groups is 1. The second-order valence-electron chi connectivity index (χ2n) is 5.20. The molecule has 1 aliphatic rings. The van der Waals surface area contributed by atoms with Crippen LogP contribution < -0.4 is 4.90 Å². The van der Waals surface area contributed by atoms with Crippen molar-refractivity contribution in [3.05, 3.63) is 17.8 Å². The van der Waals surface area contributed by atoms with Crippen molar-refractivity contribution >= 4 is 5.82 Å². The Bertz CT molecular complexity index is 422. The molecule has 0 amide bonds. The third kappa shape index (κ3) is 2.11. The summed E-state index contributed by atoms with van der Waals surface area (Å²) in [4.78, 5) is 9.70. The number of aryl methyl sites for hydroxylation is 1. The molecule has 1 aliphatic heterocycles. The minimum atomic E-state index is -0.457. The molecule has 0 saturated carbocycles. The minimum Gasteiger partial charge on any atom is -0.391 e. The number of nitrogens with zero attached hydrogens (tertiary/aromatic N) is 3. The topological polar surface area (TPSA) is 49.2 Å². The maximum atomic E-state index is 14.1. The lowest BCUT2D eigenvalue weighted by Gasteiger charge is -2.21. The van der Waals surface area contributed by atoms with Crippen LogP contribution in [0.3, 0.4) is 0 Å². The van der Waals surface area contributed by atoms with Crippen LogP contribution in [0.25, 0.3) is 0 Å². The van der Waals surface area contributed by atoms with Crippen LogP contribution in [-0.4, -0.2) is 34.3 Å². The SMILES string of the molecule is CCc1ncnc(N2CC(O)C(C)(C)C2)c1F. The van der Waals surface area contributed by atoms with Gasteiger partial charge in [-0.25, -0.2) is 14.4 Å². The van der Waals surface area contributed by atoms with E-state index in [1.54, 1.807) is 4.90 Å². The molecule has 1 atom stereocenters. The molecule has 94 valence electrons. The van der Waals surface area contributed by atoms with Crippen molar-refractivity contribution in [2.75, 3.05) is 18.0 Å². The highest BCUT2D eigenvalue weighted by Crippen LogP contribution is 2.33. The van der Waals surface area contributed by atoms with E-state index in [0.717, 1.165) is 0 Å². The molecule has 17 heavy (non-hydrogen) atoms. The molecule has 0 bridgehead atoms. The number of β-amino-alcohol motifs (C(OH)–C–C–N with tert-alkyl or cyclic N) is 1. The number of aromatic nitrogens is 2. The highest BCUT2D eigenvalue weighted by molar-refractivity contribution is 5.43. The van der Waals surface area contributed by atoms with Crippen LogP contribution >= 0.6 is 0 Å². The molecule has 1 aromatic rings. The fourth-order valence-corrected chi connectivity index (χ4v) is 2.14. The van der Waals surface area contributed by atoms with Crippen molar-refractivity contribution < 1.29 is 9.50 Å². The van der Waals surface area contributed by atoms with Gasteiger partial charge in [0.25, 0.3) is 0 Å². The average Bonchev–Trinajstić information content (AvgIpc) is 2.53. The van der Waals surface area contributed by atoms with E-state index in [2.05, 4.69) is 9.97 Å². The zero-order valence-electron chi connectivity index (χ0n) is 10.4. The van der Waals surface area contributed by atoms with Crippen molar-refractivity contribution in [1.29, 1.82) is 0 Å². The van der Waals surface area contributed by atoms with Crippen molar-refractivity contribution in [1.82, 2.24) is 9.97 Å². The summed E-state index contributed by atoms with van der Waals surface area (Å²) in [5.41, 5.74) is 0.193. The van der Waals surface area contributed by atoms with Gasteiger partial charge >= 0.3 is 0 Å². The molecule has 1 unspecified atom stereocenters. The second-order valence-corrected chi connectivity index (χ2v) is 5.20. The van der Waals surface area contributed by atoms with Gasteiger partial charge in [-0.15, -0.1) is 0 Å². The van der Waals surface area contributed by atoms with Gasteiger partial charge in [-0.2, -0.15) is 0 Å². The molecule has 2 rings (SSSR count). The Morgan fingerprint density at radius 1 is 1.53 bits per heavy atom. The van der Waals surface area contributed by atoms with Crippen LogP contribution in [0.5, 0.6) is 0 Å². The fourth-order valence-electron chi connectivity index (χ4n) is 2.14. The maximum Gasteiger partial charge on any atom is 0.187 e. The molecule has 0 spiro atoms. The Morgan fingerprint density at radius 2 is 2.24 bits per heavy atom. The zero-order valence-corrected chi connectivity index (χ0v) is 10.4. The van der Waals surface area contributed by atoms with E-state index < -0.39 is 6.10 Å². The van der Waals surface area contributed by atoms with Gasteiger partial charge in [-0.05, 0) is 6.42 Å². The van der Waals surface area contributed by atoms with Crippen molar-refractivity contribution in [2.24, 2.45) is 5.41 Å². The lowest BCUT2D eigenvalue weighted by atomic mass is 9.90. The summed E-state index contributed by atoms with van der Waals surface area (Å²) >= 11 is 0. The van der Waals surface area contributed by atoms with E-state index in [-0.39, 0.29) is 11.2 Å². The second kappa shape index (κ2) is 4.22. The van der Waals surface area contributed by atoms with Gasteiger partial charge in [0.1, 0.15) is 6.33 Å². The quantitative estimate of drug-likeness (QED) is 0.847. The van der Waals surface area contributed by atoms with Gasteiger partial charge in [-0.1, -0.05) is 20.8 Å². The third-order valence-corrected chi connectivity index (χ3v) is 3.37. The smallest absolute Gasteiger partial charge is 0.187 e. The first-order valence-corrected chi connectivity index (χ1v) is 5.88. The van der Waals surface area contributed by atoms with Gasteiger partial charge in [0, 0.05) is 18.5 Å². The first-order valence-electron chi connectivity index (χ1n) is 5.88. The van der Waals surface area contributed by atoms with Crippen molar-refractivity contribution in [3.63, 3.8) is 0 Å². The van der Waals surface area contributed by atoms with Gasteiger partial charge in [-0.3, -0.25) is 0 Å². The first kappa shape index (κ1) is 12.2. The van der Waals surface area contributed by atoms with Crippen LogP contribution in [0.4, 0.5) is 10.2 Å². The van der Waals surface area contributed by atoms with Crippen molar-refractivity contribution in [3.8, 4) is 0 Å². The van der Waals surface area contributed by atoms with E-state index in [1.165, 1.54) is 6.33 Å². The summed E-state index contributed by atoms with van der Waals surface area (Å²) in [6.07, 6.45) is 1.47. The number of hydrogen-bond acceptors (Lipinski definition) is 4. The van der Waals surface area contributed by atoms with Crippen molar-refractivity contribution in [2.45, 2.75) is 33.3 Å². The first-order chi connectivity index (χ1) is 7.95. The number of anilines is 1. The van der Waals surface area contributed by atoms with Gasteiger partial charge in [0.15, 0.2) is 11.6 Å². The van der Waals surface area contributed by atoms with E-state index in [0.29, 0.717) is 31.0 Å². The number of rotatable bonds is 2. The molecule has 0 aromatic carbocycles. The van der Waals surface area contributed by atoms with Crippen LogP contribution in [0.1, 0.15) is 26.5 Å². The molecule has 1 N–H and O–H groups in total. The molecule has 4 nitrogen and oxygen atoms in total. The lowest BCUT2D eigenvalue weighted by Crippen LogP contribution is -2.26. The molecule has 2 heterocycles. The van der Waals surface area contributed by atoms with E-state index in [1.807, 2.05) is 20.8 Å².